The Bertz CT molecular complexity index is 461. The molecule has 0 aromatic carbocycles. The van der Waals surface area contributed by atoms with Crippen molar-refractivity contribution in [1.82, 2.24) is 0 Å². The lowest BCUT2D eigenvalue weighted by molar-refractivity contribution is -0.139. The van der Waals surface area contributed by atoms with Crippen molar-refractivity contribution >= 4 is 17.3 Å². The van der Waals surface area contributed by atoms with Gasteiger partial charge in [-0.2, -0.15) is 0 Å². The first-order valence-corrected chi connectivity index (χ1v) is 7.78. The predicted octanol–water partition coefficient (Wildman–Crippen LogP) is 3.79. The normalized spacial score (nSPS) is 19.5. The van der Waals surface area contributed by atoms with Gasteiger partial charge in [0.1, 0.15) is 0 Å². The van der Waals surface area contributed by atoms with Gasteiger partial charge in [-0.1, -0.05) is 12.8 Å². The second kappa shape index (κ2) is 5.63. The van der Waals surface area contributed by atoms with Crippen LogP contribution in [0.5, 0.6) is 0 Å². The van der Waals surface area contributed by atoms with Crippen LogP contribution in [-0.2, 0) is 4.79 Å². The maximum Gasteiger partial charge on any atom is 0.303 e. The van der Waals surface area contributed by atoms with Crippen molar-refractivity contribution < 1.29 is 9.90 Å². The van der Waals surface area contributed by atoms with Crippen molar-refractivity contribution in [3.05, 3.63) is 21.4 Å². The summed E-state index contributed by atoms with van der Waals surface area (Å²) in [6, 6.07) is 2.14. The van der Waals surface area contributed by atoms with Crippen LogP contribution in [-0.4, -0.2) is 11.1 Å². The van der Waals surface area contributed by atoms with E-state index >= 15 is 0 Å². The number of aryl methyl sites for hydroxylation is 2. The Balaban J connectivity index is 2.13. The van der Waals surface area contributed by atoms with E-state index in [-0.39, 0.29) is 17.9 Å². The summed E-state index contributed by atoms with van der Waals surface area (Å²) < 4.78 is 0. The minimum absolute atomic E-state index is 0.0256. The lowest BCUT2D eigenvalue weighted by Gasteiger charge is -2.30. The van der Waals surface area contributed by atoms with E-state index in [1.165, 1.54) is 15.3 Å². The molecule has 0 aliphatic heterocycles. The van der Waals surface area contributed by atoms with Crippen LogP contribution >= 0.6 is 11.3 Å². The minimum atomic E-state index is -0.688. The number of aliphatic carboxylic acids is 1. The number of hydrogen-bond acceptors (Lipinski definition) is 3. The maximum absolute atomic E-state index is 11.1. The van der Waals surface area contributed by atoms with Gasteiger partial charge < -0.3 is 10.8 Å². The second-order valence-electron chi connectivity index (χ2n) is 5.96. The van der Waals surface area contributed by atoms with E-state index in [9.17, 15) is 4.79 Å². The highest BCUT2D eigenvalue weighted by Gasteiger charge is 2.37. The molecule has 0 saturated heterocycles. The molecular formula is C15H23NO2S. The number of carboxylic acid groups (broad SMARTS) is 1. The van der Waals surface area contributed by atoms with Gasteiger partial charge in [-0.25, -0.2) is 0 Å². The third-order valence-electron chi connectivity index (χ3n) is 4.32. The summed E-state index contributed by atoms with van der Waals surface area (Å²) in [6.45, 7) is 4.20. The van der Waals surface area contributed by atoms with Crippen LogP contribution in [0.4, 0.5) is 0 Å². The molecule has 0 spiro atoms. The molecule has 0 bridgehead atoms. The van der Waals surface area contributed by atoms with Gasteiger partial charge in [-0.05, 0) is 50.2 Å². The molecule has 1 aromatic rings. The first kappa shape index (κ1) is 14.5. The Kier molecular flexibility index (Phi) is 4.31. The van der Waals surface area contributed by atoms with Gasteiger partial charge in [0.25, 0.3) is 0 Å². The van der Waals surface area contributed by atoms with E-state index in [1.54, 1.807) is 11.3 Å². The number of carbonyl (C=O) groups is 1. The fourth-order valence-corrected chi connectivity index (χ4v) is 4.49. The Labute approximate surface area is 118 Å². The highest BCUT2D eigenvalue weighted by molar-refractivity contribution is 7.12. The molecule has 3 nitrogen and oxygen atoms in total. The Morgan fingerprint density at radius 1 is 1.47 bits per heavy atom. The minimum Gasteiger partial charge on any atom is -0.481 e. The summed E-state index contributed by atoms with van der Waals surface area (Å²) in [6.07, 6.45) is 5.37. The molecule has 1 saturated carbocycles. The highest BCUT2D eigenvalue weighted by Crippen LogP contribution is 2.47. The van der Waals surface area contributed by atoms with Crippen LogP contribution in [0.1, 0.15) is 59.9 Å². The molecule has 1 aliphatic rings. The lowest BCUT2D eigenvalue weighted by atomic mass is 9.76. The molecule has 1 heterocycles. The van der Waals surface area contributed by atoms with Crippen LogP contribution in [0.3, 0.4) is 0 Å². The molecule has 1 atom stereocenters. The van der Waals surface area contributed by atoms with Crippen LogP contribution < -0.4 is 5.73 Å². The van der Waals surface area contributed by atoms with Gasteiger partial charge in [-0.3, -0.25) is 4.79 Å². The first-order chi connectivity index (χ1) is 8.92. The van der Waals surface area contributed by atoms with Crippen molar-refractivity contribution in [2.75, 3.05) is 0 Å². The summed E-state index contributed by atoms with van der Waals surface area (Å²) in [5.41, 5.74) is 7.50. The van der Waals surface area contributed by atoms with E-state index in [0.717, 1.165) is 32.1 Å². The number of rotatable bonds is 5. The molecule has 19 heavy (non-hydrogen) atoms. The van der Waals surface area contributed by atoms with E-state index in [4.69, 9.17) is 10.8 Å². The summed E-state index contributed by atoms with van der Waals surface area (Å²) in [5.74, 6) is -0.688. The molecular weight excluding hydrogens is 258 g/mol. The van der Waals surface area contributed by atoms with Crippen LogP contribution in [0.15, 0.2) is 6.07 Å². The Morgan fingerprint density at radius 2 is 2.11 bits per heavy atom. The number of thiophene rings is 1. The maximum atomic E-state index is 11.1. The SMILES string of the molecule is Cc1cc(C(N)CC2(CC(=O)O)CCCC2)c(C)s1. The lowest BCUT2D eigenvalue weighted by Crippen LogP contribution is -2.27. The highest BCUT2D eigenvalue weighted by atomic mass is 32.1. The summed E-state index contributed by atoms with van der Waals surface area (Å²) >= 11 is 1.77. The average molecular weight is 281 g/mol. The summed E-state index contributed by atoms with van der Waals surface area (Å²) in [4.78, 5) is 13.7. The Hall–Kier alpha value is -0.870. The van der Waals surface area contributed by atoms with E-state index < -0.39 is 5.97 Å². The van der Waals surface area contributed by atoms with Crippen molar-refractivity contribution in [1.29, 1.82) is 0 Å². The molecule has 0 amide bonds. The van der Waals surface area contributed by atoms with Gasteiger partial charge >= 0.3 is 5.97 Å². The van der Waals surface area contributed by atoms with Gasteiger partial charge in [-0.15, -0.1) is 11.3 Å². The molecule has 4 heteroatoms. The standard InChI is InChI=1S/C15H23NO2S/c1-10-7-12(11(2)19-10)13(16)8-15(9-14(17)18)5-3-4-6-15/h7,13H,3-6,8-9,16H2,1-2H3,(H,17,18). The van der Waals surface area contributed by atoms with Gasteiger partial charge in [0, 0.05) is 15.8 Å². The van der Waals surface area contributed by atoms with Crippen molar-refractivity contribution in [2.24, 2.45) is 11.1 Å². The monoisotopic (exact) mass is 281 g/mol. The topological polar surface area (TPSA) is 63.3 Å². The van der Waals surface area contributed by atoms with Gasteiger partial charge in [0.2, 0.25) is 0 Å². The molecule has 1 unspecified atom stereocenters. The molecule has 2 rings (SSSR count). The summed E-state index contributed by atoms with van der Waals surface area (Å²) in [5, 5.41) is 9.14. The molecule has 0 radical (unpaired) electrons. The van der Waals surface area contributed by atoms with E-state index in [1.807, 2.05) is 0 Å². The third kappa shape index (κ3) is 3.37. The van der Waals surface area contributed by atoms with Crippen molar-refractivity contribution in [2.45, 2.75) is 58.4 Å². The van der Waals surface area contributed by atoms with Crippen LogP contribution in [0.25, 0.3) is 0 Å². The number of nitrogens with two attached hydrogens (primary N) is 1. The average Bonchev–Trinajstić information content (AvgIpc) is 2.85. The first-order valence-electron chi connectivity index (χ1n) is 6.96. The smallest absolute Gasteiger partial charge is 0.303 e. The van der Waals surface area contributed by atoms with Crippen molar-refractivity contribution in [3.8, 4) is 0 Å². The van der Waals surface area contributed by atoms with Crippen LogP contribution in [0.2, 0.25) is 0 Å². The quantitative estimate of drug-likeness (QED) is 0.863. The third-order valence-corrected chi connectivity index (χ3v) is 5.30. The molecule has 106 valence electrons. The number of carboxylic acids is 1. The van der Waals surface area contributed by atoms with Crippen LogP contribution in [0, 0.1) is 19.3 Å². The second-order valence-corrected chi connectivity index (χ2v) is 7.42. The zero-order valence-corrected chi connectivity index (χ0v) is 12.6. The molecule has 1 aliphatic carbocycles. The summed E-state index contributed by atoms with van der Waals surface area (Å²) in [7, 11) is 0. The molecule has 1 fully saturated rings. The predicted molar refractivity (Wildman–Crippen MR) is 78.5 cm³/mol. The Morgan fingerprint density at radius 3 is 2.58 bits per heavy atom. The largest absolute Gasteiger partial charge is 0.481 e. The van der Waals surface area contributed by atoms with Gasteiger partial charge in [0.15, 0.2) is 0 Å². The zero-order chi connectivity index (χ0) is 14.0. The fraction of sp³-hybridized carbons (Fsp3) is 0.667. The zero-order valence-electron chi connectivity index (χ0n) is 11.7. The van der Waals surface area contributed by atoms with E-state index in [2.05, 4.69) is 19.9 Å². The molecule has 1 aromatic heterocycles. The van der Waals surface area contributed by atoms with Crippen molar-refractivity contribution in [3.63, 3.8) is 0 Å². The fourth-order valence-electron chi connectivity index (χ4n) is 3.49. The molecule has 3 N–H and O–H groups in total. The number of hydrogen-bond donors (Lipinski definition) is 2. The van der Waals surface area contributed by atoms with E-state index in [0.29, 0.717) is 0 Å². The van der Waals surface area contributed by atoms with Gasteiger partial charge in [0.05, 0.1) is 6.42 Å².